The van der Waals surface area contributed by atoms with Crippen LogP contribution in [0, 0.1) is 0 Å². The highest BCUT2D eigenvalue weighted by atomic mass is 16.7. The number of piperazine rings is 1. The van der Waals surface area contributed by atoms with Gasteiger partial charge in [-0.25, -0.2) is 0 Å². The van der Waals surface area contributed by atoms with E-state index in [-0.39, 0.29) is 6.04 Å². The number of nitrogens with two attached hydrogens (primary N) is 1. The quantitative estimate of drug-likeness (QED) is 0.891. The summed E-state index contributed by atoms with van der Waals surface area (Å²) in [7, 11) is 0. The Balaban J connectivity index is 1.58. The zero-order chi connectivity index (χ0) is 13.9. The molecule has 5 nitrogen and oxygen atoms in total. The molecule has 0 amide bonds. The summed E-state index contributed by atoms with van der Waals surface area (Å²) in [5, 5.41) is 0. The fourth-order valence-corrected chi connectivity index (χ4v) is 2.82. The van der Waals surface area contributed by atoms with Gasteiger partial charge in [-0.05, 0) is 24.2 Å². The molecule has 1 fully saturated rings. The van der Waals surface area contributed by atoms with E-state index >= 15 is 0 Å². The molecule has 1 unspecified atom stereocenters. The number of hydrogen-bond donors (Lipinski definition) is 1. The minimum atomic E-state index is 0.0256. The lowest BCUT2D eigenvalue weighted by Crippen LogP contribution is -2.48. The maximum atomic E-state index is 6.34. The van der Waals surface area contributed by atoms with Crippen LogP contribution in [0.5, 0.6) is 11.5 Å². The van der Waals surface area contributed by atoms with Crippen LogP contribution in [0.25, 0.3) is 0 Å². The van der Waals surface area contributed by atoms with Crippen molar-refractivity contribution in [2.24, 2.45) is 5.73 Å². The zero-order valence-corrected chi connectivity index (χ0v) is 12.0. The third kappa shape index (κ3) is 2.90. The molecule has 2 N–H and O–H groups in total. The summed E-state index contributed by atoms with van der Waals surface area (Å²) in [4.78, 5) is 4.92. The number of nitrogens with zero attached hydrogens (tertiary/aromatic N) is 2. The molecule has 1 atom stereocenters. The first-order chi connectivity index (χ1) is 9.76. The molecule has 2 heterocycles. The highest BCUT2D eigenvalue weighted by molar-refractivity contribution is 5.45. The predicted molar refractivity (Wildman–Crippen MR) is 78.0 cm³/mol. The van der Waals surface area contributed by atoms with Gasteiger partial charge in [0.05, 0.1) is 0 Å². The van der Waals surface area contributed by atoms with Gasteiger partial charge in [0.15, 0.2) is 11.5 Å². The first-order valence-electron chi connectivity index (χ1n) is 7.36. The van der Waals surface area contributed by atoms with E-state index in [9.17, 15) is 0 Å². The van der Waals surface area contributed by atoms with Crippen molar-refractivity contribution in [3.63, 3.8) is 0 Å². The second-order valence-corrected chi connectivity index (χ2v) is 5.45. The van der Waals surface area contributed by atoms with Crippen LogP contribution < -0.4 is 15.2 Å². The molecule has 1 saturated heterocycles. The van der Waals surface area contributed by atoms with Crippen LogP contribution in [0.3, 0.4) is 0 Å². The van der Waals surface area contributed by atoms with Gasteiger partial charge in [0, 0.05) is 38.8 Å². The maximum Gasteiger partial charge on any atom is 0.231 e. The van der Waals surface area contributed by atoms with Gasteiger partial charge in [0.25, 0.3) is 0 Å². The van der Waals surface area contributed by atoms with E-state index < -0.39 is 0 Å². The summed E-state index contributed by atoms with van der Waals surface area (Å²) < 4.78 is 10.7. The lowest BCUT2D eigenvalue weighted by Gasteiger charge is -2.35. The van der Waals surface area contributed by atoms with Crippen molar-refractivity contribution >= 4 is 0 Å². The molecule has 110 valence electrons. The second-order valence-electron chi connectivity index (χ2n) is 5.45. The molecular weight excluding hydrogens is 254 g/mol. The van der Waals surface area contributed by atoms with Crippen molar-refractivity contribution in [3.8, 4) is 11.5 Å². The lowest BCUT2D eigenvalue weighted by molar-refractivity contribution is 0.131. The third-order valence-corrected chi connectivity index (χ3v) is 4.19. The summed E-state index contributed by atoms with van der Waals surface area (Å²) in [6.07, 6.45) is 0. The van der Waals surface area contributed by atoms with Gasteiger partial charge < -0.3 is 20.1 Å². The molecule has 0 saturated carbocycles. The summed E-state index contributed by atoms with van der Waals surface area (Å²) in [5.74, 6) is 1.63. The normalized spacial score (nSPS) is 21.1. The molecule has 1 aromatic rings. The van der Waals surface area contributed by atoms with Crippen LogP contribution in [0.4, 0.5) is 0 Å². The average molecular weight is 277 g/mol. The topological polar surface area (TPSA) is 51.0 Å². The molecule has 2 aliphatic heterocycles. The average Bonchev–Trinajstić information content (AvgIpc) is 2.95. The van der Waals surface area contributed by atoms with Crippen LogP contribution in [-0.2, 0) is 0 Å². The molecule has 0 spiro atoms. The molecule has 2 aliphatic rings. The number of ether oxygens (including phenoxy) is 2. The molecule has 0 aromatic heterocycles. The van der Waals surface area contributed by atoms with E-state index in [1.54, 1.807) is 0 Å². The molecule has 0 radical (unpaired) electrons. The van der Waals surface area contributed by atoms with E-state index in [4.69, 9.17) is 15.2 Å². The number of hydrogen-bond acceptors (Lipinski definition) is 5. The van der Waals surface area contributed by atoms with Gasteiger partial charge in [0.1, 0.15) is 0 Å². The number of likely N-dealkylation sites (N-methyl/N-ethyl adjacent to an activating group) is 1. The summed E-state index contributed by atoms with van der Waals surface area (Å²) in [6, 6.07) is 6.03. The minimum absolute atomic E-state index is 0.0256. The van der Waals surface area contributed by atoms with E-state index in [1.807, 2.05) is 18.2 Å². The molecule has 1 aromatic carbocycles. The Morgan fingerprint density at radius 3 is 2.55 bits per heavy atom. The smallest absolute Gasteiger partial charge is 0.231 e. The molecule has 5 heteroatoms. The Morgan fingerprint density at radius 2 is 1.80 bits per heavy atom. The van der Waals surface area contributed by atoms with E-state index in [1.165, 1.54) is 0 Å². The van der Waals surface area contributed by atoms with Crippen LogP contribution in [0.15, 0.2) is 18.2 Å². The Labute approximate surface area is 120 Å². The zero-order valence-electron chi connectivity index (χ0n) is 12.0. The van der Waals surface area contributed by atoms with Crippen LogP contribution in [0.2, 0.25) is 0 Å². The van der Waals surface area contributed by atoms with Gasteiger partial charge in [-0.1, -0.05) is 13.0 Å². The Bertz CT molecular complexity index is 458. The van der Waals surface area contributed by atoms with Crippen molar-refractivity contribution in [2.45, 2.75) is 13.0 Å². The van der Waals surface area contributed by atoms with Crippen molar-refractivity contribution < 1.29 is 9.47 Å². The second kappa shape index (κ2) is 5.99. The van der Waals surface area contributed by atoms with Crippen molar-refractivity contribution in [1.82, 2.24) is 9.80 Å². The predicted octanol–water partition coefficient (Wildman–Crippen LogP) is 1.05. The number of rotatable bonds is 4. The summed E-state index contributed by atoms with van der Waals surface area (Å²) >= 11 is 0. The maximum absolute atomic E-state index is 6.34. The fraction of sp³-hybridized carbons (Fsp3) is 0.600. The van der Waals surface area contributed by atoms with Gasteiger partial charge in [0.2, 0.25) is 6.79 Å². The van der Waals surface area contributed by atoms with Gasteiger partial charge in [-0.3, -0.25) is 4.90 Å². The minimum Gasteiger partial charge on any atom is -0.454 e. The van der Waals surface area contributed by atoms with Crippen LogP contribution in [0.1, 0.15) is 18.5 Å². The van der Waals surface area contributed by atoms with Gasteiger partial charge >= 0.3 is 0 Å². The standard InChI is InChI=1S/C15H23N3O2/c1-2-17-5-7-18(8-6-17)10-13(16)12-3-4-14-15(9-12)20-11-19-14/h3-4,9,13H,2,5-8,10-11,16H2,1H3. The fourth-order valence-electron chi connectivity index (χ4n) is 2.82. The first kappa shape index (κ1) is 13.7. The molecule has 20 heavy (non-hydrogen) atoms. The van der Waals surface area contributed by atoms with E-state index in [0.29, 0.717) is 6.79 Å². The lowest BCUT2D eigenvalue weighted by atomic mass is 10.1. The highest BCUT2D eigenvalue weighted by Crippen LogP contribution is 2.33. The monoisotopic (exact) mass is 277 g/mol. The van der Waals surface area contributed by atoms with E-state index in [2.05, 4.69) is 16.7 Å². The molecule has 3 rings (SSSR count). The summed E-state index contributed by atoms with van der Waals surface area (Å²) in [6.45, 7) is 9.06. The summed E-state index contributed by atoms with van der Waals surface area (Å²) in [5.41, 5.74) is 7.45. The molecule has 0 aliphatic carbocycles. The van der Waals surface area contributed by atoms with Crippen molar-refractivity contribution in [2.75, 3.05) is 46.1 Å². The van der Waals surface area contributed by atoms with Gasteiger partial charge in [-0.15, -0.1) is 0 Å². The van der Waals surface area contributed by atoms with Crippen LogP contribution in [-0.4, -0.2) is 55.9 Å². The Hall–Kier alpha value is -1.30. The van der Waals surface area contributed by atoms with Crippen molar-refractivity contribution in [3.05, 3.63) is 23.8 Å². The van der Waals surface area contributed by atoms with E-state index in [0.717, 1.165) is 56.3 Å². The first-order valence-corrected chi connectivity index (χ1v) is 7.36. The van der Waals surface area contributed by atoms with Gasteiger partial charge in [-0.2, -0.15) is 0 Å². The number of fused-ring (bicyclic) bond motifs is 1. The molecular formula is C15H23N3O2. The Morgan fingerprint density at radius 1 is 1.10 bits per heavy atom. The molecule has 0 bridgehead atoms. The highest BCUT2D eigenvalue weighted by Gasteiger charge is 2.20. The SMILES string of the molecule is CCN1CCN(CC(N)c2ccc3c(c2)OCO3)CC1. The number of benzene rings is 1. The third-order valence-electron chi connectivity index (χ3n) is 4.19. The van der Waals surface area contributed by atoms with Crippen LogP contribution >= 0.6 is 0 Å². The van der Waals surface area contributed by atoms with Crippen molar-refractivity contribution in [1.29, 1.82) is 0 Å². The largest absolute Gasteiger partial charge is 0.454 e. The Kier molecular flexibility index (Phi) is 4.10.